The van der Waals surface area contributed by atoms with Gasteiger partial charge < -0.3 is 4.98 Å². The van der Waals surface area contributed by atoms with E-state index < -0.39 is 10.2 Å². The number of carbonyl (C=O) groups excluding carboxylic acids is 1. The molecule has 8 heteroatoms. The number of hydrogen-bond acceptors (Lipinski definition) is 3. The van der Waals surface area contributed by atoms with Crippen LogP contribution < -0.4 is 9.14 Å². The number of rotatable bonds is 5. The number of nitrogens with one attached hydrogen (secondary N) is 2. The number of carbonyl (C=O) groups is 1. The second kappa shape index (κ2) is 4.98. The molecule has 0 bridgehead atoms. The highest BCUT2D eigenvalue weighted by Gasteiger charge is 2.21. The summed E-state index contributed by atoms with van der Waals surface area (Å²) in [4.78, 5) is 14.1. The van der Waals surface area contributed by atoms with Gasteiger partial charge in [0.25, 0.3) is 0 Å². The first-order valence-corrected chi connectivity index (χ1v) is 7.52. The second-order valence-corrected chi connectivity index (χ2v) is 5.86. The largest absolute Gasteiger partial charge is 0.361 e. The summed E-state index contributed by atoms with van der Waals surface area (Å²) in [5, 5.41) is 0.968. The van der Waals surface area contributed by atoms with Crippen molar-refractivity contribution in [1.29, 1.82) is 0 Å². The normalized spacial score (nSPS) is 11.4. The lowest BCUT2D eigenvalue weighted by atomic mass is 10.2. The minimum atomic E-state index is -4.04. The molecule has 3 aromatic rings. The van der Waals surface area contributed by atoms with Crippen molar-refractivity contribution in [3.63, 3.8) is 0 Å². The van der Waals surface area contributed by atoms with Gasteiger partial charge in [-0.25, -0.2) is 0 Å². The van der Waals surface area contributed by atoms with E-state index in [0.29, 0.717) is 10.1 Å². The highest BCUT2D eigenvalue weighted by atomic mass is 32.2. The lowest BCUT2D eigenvalue weighted by molar-refractivity contribution is -0.107. The van der Waals surface area contributed by atoms with Crippen molar-refractivity contribution in [3.05, 3.63) is 55.0 Å². The molecule has 1 aromatic carbocycles. The molecule has 0 aliphatic heterocycles. The van der Waals surface area contributed by atoms with Gasteiger partial charge in [-0.3, -0.25) is 14.2 Å². The van der Waals surface area contributed by atoms with E-state index >= 15 is 0 Å². The van der Waals surface area contributed by atoms with Gasteiger partial charge in [-0.1, -0.05) is 6.07 Å². The van der Waals surface area contributed by atoms with Crippen LogP contribution in [-0.4, -0.2) is 24.5 Å². The Labute approximate surface area is 121 Å². The van der Waals surface area contributed by atoms with Gasteiger partial charge in [0.1, 0.15) is 0 Å². The first-order valence-electron chi connectivity index (χ1n) is 6.08. The molecule has 0 spiro atoms. The van der Waals surface area contributed by atoms with Gasteiger partial charge in [0.15, 0.2) is 0 Å². The average molecular weight is 304 g/mol. The van der Waals surface area contributed by atoms with Crippen molar-refractivity contribution < 1.29 is 13.2 Å². The van der Waals surface area contributed by atoms with Crippen LogP contribution in [0.15, 0.2) is 55.0 Å². The number of benzene rings is 1. The molecule has 0 radical (unpaired) electrons. The third-order valence-electron chi connectivity index (χ3n) is 2.95. The molecule has 2 heterocycles. The van der Waals surface area contributed by atoms with Crippen LogP contribution in [-0.2, 0) is 15.0 Å². The molecule has 21 heavy (non-hydrogen) atoms. The standard InChI is InChI=1S/C13H12N4O3S/c18-10-17(16-7-1-2-8-16)21(19,20)15-12-4-3-11-5-6-14-13(11)9-12/h1-10,14-15H. The summed E-state index contributed by atoms with van der Waals surface area (Å²) < 4.78 is 28.6. The number of nitrogens with zero attached hydrogens (tertiary/aromatic N) is 2. The van der Waals surface area contributed by atoms with Crippen LogP contribution in [0.3, 0.4) is 0 Å². The maximum absolute atomic E-state index is 12.3. The predicted octanol–water partition coefficient (Wildman–Crippen LogP) is 1.42. The summed E-state index contributed by atoms with van der Waals surface area (Å²) in [6.07, 6.45) is 4.92. The van der Waals surface area contributed by atoms with E-state index in [-0.39, 0.29) is 6.41 Å². The lowest BCUT2D eigenvalue weighted by Crippen LogP contribution is -2.42. The van der Waals surface area contributed by atoms with Crippen LogP contribution in [0.25, 0.3) is 10.9 Å². The topological polar surface area (TPSA) is 87.2 Å². The third-order valence-corrected chi connectivity index (χ3v) is 4.22. The minimum Gasteiger partial charge on any atom is -0.361 e. The van der Waals surface area contributed by atoms with Crippen molar-refractivity contribution in [2.45, 2.75) is 0 Å². The fourth-order valence-corrected chi connectivity index (χ4v) is 2.99. The Hall–Kier alpha value is -2.74. The van der Waals surface area contributed by atoms with Crippen molar-refractivity contribution >= 4 is 33.2 Å². The highest BCUT2D eigenvalue weighted by Crippen LogP contribution is 2.19. The fraction of sp³-hybridized carbons (Fsp3) is 0. The lowest BCUT2D eigenvalue weighted by Gasteiger charge is -2.19. The third kappa shape index (κ3) is 2.48. The molecular weight excluding hydrogens is 292 g/mol. The SMILES string of the molecule is O=CN(n1cccc1)S(=O)(=O)Nc1ccc2cc[nH]c2c1. The summed E-state index contributed by atoms with van der Waals surface area (Å²) in [5.41, 5.74) is 1.16. The number of H-pyrrole nitrogens is 1. The van der Waals surface area contributed by atoms with Crippen LogP contribution in [0.5, 0.6) is 0 Å². The first-order chi connectivity index (χ1) is 10.1. The summed E-state index contributed by atoms with van der Waals surface area (Å²) in [5.74, 6) is 0. The monoisotopic (exact) mass is 304 g/mol. The van der Waals surface area contributed by atoms with Crippen LogP contribution in [0.2, 0.25) is 0 Å². The smallest absolute Gasteiger partial charge is 0.344 e. The van der Waals surface area contributed by atoms with Gasteiger partial charge in [0, 0.05) is 24.1 Å². The molecule has 108 valence electrons. The van der Waals surface area contributed by atoms with Crippen molar-refractivity contribution in [1.82, 2.24) is 9.66 Å². The number of hydrogen-bond donors (Lipinski definition) is 2. The second-order valence-electron chi connectivity index (χ2n) is 4.33. The average Bonchev–Trinajstić information content (AvgIpc) is 3.08. The highest BCUT2D eigenvalue weighted by molar-refractivity contribution is 7.94. The van der Waals surface area contributed by atoms with Crippen LogP contribution in [0.4, 0.5) is 5.69 Å². The molecule has 1 amide bonds. The molecule has 2 aromatic heterocycles. The molecule has 7 nitrogen and oxygen atoms in total. The van der Waals surface area contributed by atoms with E-state index in [0.717, 1.165) is 10.9 Å². The number of aromatic nitrogens is 2. The number of amides is 1. The zero-order valence-electron chi connectivity index (χ0n) is 10.8. The Morgan fingerprint density at radius 3 is 2.67 bits per heavy atom. The zero-order valence-corrected chi connectivity index (χ0v) is 11.6. The molecule has 0 fully saturated rings. The Bertz CT molecular complexity index is 868. The Balaban J connectivity index is 1.92. The number of anilines is 1. The maximum Gasteiger partial charge on any atom is 0.344 e. The maximum atomic E-state index is 12.3. The molecule has 3 rings (SSSR count). The molecule has 2 N–H and O–H groups in total. The molecular formula is C13H12N4O3S. The molecule has 0 saturated carbocycles. The summed E-state index contributed by atoms with van der Waals surface area (Å²) in [6.45, 7) is 0. The quantitative estimate of drug-likeness (QED) is 0.699. The number of aromatic amines is 1. The van der Waals surface area contributed by atoms with Gasteiger partial charge in [-0.05, 0) is 35.7 Å². The zero-order chi connectivity index (χ0) is 14.9. The van der Waals surface area contributed by atoms with E-state index in [1.807, 2.05) is 6.07 Å². The van der Waals surface area contributed by atoms with E-state index in [1.165, 1.54) is 17.1 Å². The summed E-state index contributed by atoms with van der Waals surface area (Å²) >= 11 is 0. The predicted molar refractivity (Wildman–Crippen MR) is 79.6 cm³/mol. The van der Waals surface area contributed by atoms with E-state index in [4.69, 9.17) is 0 Å². The van der Waals surface area contributed by atoms with E-state index in [9.17, 15) is 13.2 Å². The van der Waals surface area contributed by atoms with Gasteiger partial charge in [-0.15, -0.1) is 4.41 Å². The number of fused-ring (bicyclic) bond motifs is 1. The van der Waals surface area contributed by atoms with E-state index in [2.05, 4.69) is 9.71 Å². The van der Waals surface area contributed by atoms with Gasteiger partial charge in [0.2, 0.25) is 6.41 Å². The Morgan fingerprint density at radius 2 is 1.95 bits per heavy atom. The van der Waals surface area contributed by atoms with E-state index in [1.54, 1.807) is 36.5 Å². The Morgan fingerprint density at radius 1 is 1.19 bits per heavy atom. The molecule has 0 unspecified atom stereocenters. The fourth-order valence-electron chi connectivity index (χ4n) is 2.00. The Kier molecular flexibility index (Phi) is 3.15. The van der Waals surface area contributed by atoms with Crippen molar-refractivity contribution in [3.8, 4) is 0 Å². The van der Waals surface area contributed by atoms with Crippen LogP contribution in [0, 0.1) is 0 Å². The van der Waals surface area contributed by atoms with Crippen LogP contribution in [0.1, 0.15) is 0 Å². The van der Waals surface area contributed by atoms with Gasteiger partial charge in [0.05, 0.1) is 5.69 Å². The van der Waals surface area contributed by atoms with Crippen LogP contribution >= 0.6 is 0 Å². The molecule has 0 saturated heterocycles. The molecule has 0 aliphatic rings. The molecule has 0 atom stereocenters. The van der Waals surface area contributed by atoms with Crippen molar-refractivity contribution in [2.24, 2.45) is 0 Å². The molecule has 0 aliphatic carbocycles. The minimum absolute atomic E-state index is 0.232. The first kappa shape index (κ1) is 13.3. The summed E-state index contributed by atoms with van der Waals surface area (Å²) in [6, 6.07) is 10.2. The summed E-state index contributed by atoms with van der Waals surface area (Å²) in [7, 11) is -4.04. The van der Waals surface area contributed by atoms with Gasteiger partial charge >= 0.3 is 10.2 Å². The van der Waals surface area contributed by atoms with Crippen molar-refractivity contribution in [2.75, 3.05) is 9.14 Å². The van der Waals surface area contributed by atoms with Gasteiger partial charge in [-0.2, -0.15) is 8.42 Å².